The number of nitrogens with zero attached hydrogens (tertiary/aromatic N) is 3. The molecule has 2 N–H and O–H groups in total. The third-order valence-electron chi connectivity index (χ3n) is 4.16. The molecule has 0 amide bonds. The molecule has 1 aromatic heterocycles. The summed E-state index contributed by atoms with van der Waals surface area (Å²) in [5.74, 6) is 1.04. The smallest absolute Gasteiger partial charge is 0.148 e. The first-order chi connectivity index (χ1) is 11.7. The third kappa shape index (κ3) is 2.72. The molecule has 0 unspecified atom stereocenters. The van der Waals surface area contributed by atoms with Crippen LogP contribution in [-0.4, -0.2) is 46.5 Å². The molecule has 0 aliphatic carbocycles. The molecule has 3 aromatic rings. The lowest BCUT2D eigenvalue weighted by Crippen LogP contribution is -2.36. The summed E-state index contributed by atoms with van der Waals surface area (Å²) in [6.07, 6.45) is 1.78. The van der Waals surface area contributed by atoms with Crippen molar-refractivity contribution in [3.05, 3.63) is 42.6 Å². The van der Waals surface area contributed by atoms with E-state index in [1.807, 2.05) is 18.2 Å². The lowest BCUT2D eigenvalue weighted by atomic mass is 10.0. The number of phenols is 2. The van der Waals surface area contributed by atoms with E-state index in [2.05, 4.69) is 9.88 Å². The summed E-state index contributed by atoms with van der Waals surface area (Å²) in [7, 11) is 0. The number of hydrogen-bond acceptors (Lipinski definition) is 6. The molecule has 2 heterocycles. The van der Waals surface area contributed by atoms with Crippen LogP contribution < -0.4 is 4.90 Å². The van der Waals surface area contributed by atoms with Gasteiger partial charge in [0.1, 0.15) is 17.3 Å². The zero-order valence-electron chi connectivity index (χ0n) is 13.0. The molecule has 1 fully saturated rings. The van der Waals surface area contributed by atoms with Gasteiger partial charge in [-0.05, 0) is 35.9 Å². The van der Waals surface area contributed by atoms with E-state index in [4.69, 9.17) is 9.72 Å². The van der Waals surface area contributed by atoms with Gasteiger partial charge in [0.15, 0.2) is 0 Å². The zero-order chi connectivity index (χ0) is 16.5. The molecule has 4 rings (SSSR count). The summed E-state index contributed by atoms with van der Waals surface area (Å²) in [5.41, 5.74) is 2.88. The van der Waals surface area contributed by atoms with E-state index in [0.29, 0.717) is 18.8 Å². The molecule has 0 bridgehead atoms. The summed E-state index contributed by atoms with van der Waals surface area (Å²) < 4.78 is 5.37. The van der Waals surface area contributed by atoms with Crippen LogP contribution in [0.2, 0.25) is 0 Å². The number of phenolic OH excluding ortho intramolecular Hbond substituents is 2. The second-order valence-electron chi connectivity index (χ2n) is 5.73. The van der Waals surface area contributed by atoms with E-state index < -0.39 is 0 Å². The van der Waals surface area contributed by atoms with Gasteiger partial charge in [-0.15, -0.1) is 0 Å². The minimum Gasteiger partial charge on any atom is -0.508 e. The first-order valence-electron chi connectivity index (χ1n) is 7.82. The Kier molecular flexibility index (Phi) is 3.66. The maximum Gasteiger partial charge on any atom is 0.148 e. The molecule has 0 spiro atoms. The fraction of sp³-hybridized carbons (Fsp3) is 0.222. The average Bonchev–Trinajstić information content (AvgIpc) is 2.63. The highest BCUT2D eigenvalue weighted by Gasteiger charge is 2.14. The minimum atomic E-state index is 0.107. The average molecular weight is 323 g/mol. The Labute approximate surface area is 139 Å². The molecule has 0 saturated carbocycles. The fourth-order valence-corrected chi connectivity index (χ4v) is 2.87. The van der Waals surface area contributed by atoms with Gasteiger partial charge in [0, 0.05) is 18.7 Å². The van der Waals surface area contributed by atoms with Crippen molar-refractivity contribution < 1.29 is 14.9 Å². The van der Waals surface area contributed by atoms with Crippen molar-refractivity contribution in [2.75, 3.05) is 31.2 Å². The van der Waals surface area contributed by atoms with E-state index in [0.717, 1.165) is 35.5 Å². The van der Waals surface area contributed by atoms with Gasteiger partial charge in [-0.3, -0.25) is 4.98 Å². The summed E-state index contributed by atoms with van der Waals surface area (Å²) in [6.45, 7) is 2.98. The van der Waals surface area contributed by atoms with Crippen LogP contribution in [0.1, 0.15) is 0 Å². The number of aromatic nitrogens is 2. The van der Waals surface area contributed by atoms with Gasteiger partial charge in [-0.2, -0.15) is 0 Å². The molecular formula is C18H17N3O3. The van der Waals surface area contributed by atoms with Crippen LogP contribution in [0, 0.1) is 0 Å². The minimum absolute atomic E-state index is 0.107. The first kappa shape index (κ1) is 14.7. The number of hydrogen-bond donors (Lipinski definition) is 2. The normalized spacial score (nSPS) is 14.9. The number of rotatable bonds is 2. The van der Waals surface area contributed by atoms with Crippen molar-refractivity contribution in [2.24, 2.45) is 0 Å². The van der Waals surface area contributed by atoms with Crippen LogP contribution in [0.3, 0.4) is 0 Å². The molecule has 24 heavy (non-hydrogen) atoms. The Balaban J connectivity index is 1.77. The molecule has 6 heteroatoms. The second-order valence-corrected chi connectivity index (χ2v) is 5.73. The largest absolute Gasteiger partial charge is 0.508 e. The van der Waals surface area contributed by atoms with E-state index in [9.17, 15) is 10.2 Å². The van der Waals surface area contributed by atoms with Gasteiger partial charge in [0.25, 0.3) is 0 Å². The third-order valence-corrected chi connectivity index (χ3v) is 4.16. The standard InChI is InChI=1S/C18H17N3O3/c22-13-2-4-17(23)14(10-13)12-1-3-15-16(9-12)20-18(11-19-15)21-5-7-24-8-6-21/h1-4,9-11,22-23H,5-8H2. The maximum absolute atomic E-state index is 10.0. The topological polar surface area (TPSA) is 78.7 Å². The maximum atomic E-state index is 10.0. The summed E-state index contributed by atoms with van der Waals surface area (Å²) in [6, 6.07) is 10.1. The Morgan fingerprint density at radius 1 is 0.958 bits per heavy atom. The van der Waals surface area contributed by atoms with E-state index in [1.54, 1.807) is 6.20 Å². The Bertz CT molecular complexity index is 892. The van der Waals surface area contributed by atoms with Gasteiger partial charge in [0.05, 0.1) is 30.4 Å². The van der Waals surface area contributed by atoms with Crippen LogP contribution >= 0.6 is 0 Å². The van der Waals surface area contributed by atoms with Gasteiger partial charge >= 0.3 is 0 Å². The molecule has 1 aliphatic heterocycles. The molecule has 122 valence electrons. The SMILES string of the molecule is Oc1ccc(O)c(-c2ccc3ncc(N4CCOCC4)nc3c2)c1. The fourth-order valence-electron chi connectivity index (χ4n) is 2.87. The molecule has 6 nitrogen and oxygen atoms in total. The first-order valence-corrected chi connectivity index (χ1v) is 7.82. The highest BCUT2D eigenvalue weighted by Crippen LogP contribution is 2.33. The van der Waals surface area contributed by atoms with Crippen molar-refractivity contribution in [1.29, 1.82) is 0 Å². The predicted octanol–water partition coefficient (Wildman–Crippen LogP) is 2.54. The van der Waals surface area contributed by atoms with Crippen LogP contribution in [-0.2, 0) is 4.74 Å². The van der Waals surface area contributed by atoms with E-state index >= 15 is 0 Å². The number of aromatic hydroxyl groups is 2. The summed E-state index contributed by atoms with van der Waals surface area (Å²) >= 11 is 0. The lowest BCUT2D eigenvalue weighted by Gasteiger charge is -2.27. The number of ether oxygens (including phenoxy) is 1. The monoisotopic (exact) mass is 323 g/mol. The quantitative estimate of drug-likeness (QED) is 0.706. The van der Waals surface area contributed by atoms with Crippen molar-refractivity contribution in [1.82, 2.24) is 9.97 Å². The Morgan fingerprint density at radius 2 is 1.79 bits per heavy atom. The van der Waals surface area contributed by atoms with Crippen molar-refractivity contribution >= 4 is 16.9 Å². The van der Waals surface area contributed by atoms with Crippen molar-refractivity contribution in [3.8, 4) is 22.6 Å². The molecule has 1 saturated heterocycles. The molecule has 2 aromatic carbocycles. The summed E-state index contributed by atoms with van der Waals surface area (Å²) in [4.78, 5) is 11.3. The van der Waals surface area contributed by atoms with Crippen LogP contribution in [0.15, 0.2) is 42.6 Å². The number of anilines is 1. The molecular weight excluding hydrogens is 306 g/mol. The van der Waals surface area contributed by atoms with Crippen LogP contribution in [0.4, 0.5) is 5.82 Å². The lowest BCUT2D eigenvalue weighted by molar-refractivity contribution is 0.122. The van der Waals surface area contributed by atoms with Gasteiger partial charge in [-0.25, -0.2) is 4.98 Å². The van der Waals surface area contributed by atoms with Crippen LogP contribution in [0.25, 0.3) is 22.2 Å². The molecule has 0 radical (unpaired) electrons. The Hall–Kier alpha value is -2.86. The van der Waals surface area contributed by atoms with Gasteiger partial charge in [0.2, 0.25) is 0 Å². The summed E-state index contributed by atoms with van der Waals surface area (Å²) in [5, 5.41) is 19.7. The zero-order valence-corrected chi connectivity index (χ0v) is 13.0. The van der Waals surface area contributed by atoms with Crippen LogP contribution in [0.5, 0.6) is 11.5 Å². The van der Waals surface area contributed by atoms with E-state index in [1.165, 1.54) is 18.2 Å². The van der Waals surface area contributed by atoms with Gasteiger partial charge < -0.3 is 19.8 Å². The van der Waals surface area contributed by atoms with Crippen molar-refractivity contribution in [2.45, 2.75) is 0 Å². The molecule has 0 atom stereocenters. The second kappa shape index (κ2) is 5.98. The van der Waals surface area contributed by atoms with E-state index in [-0.39, 0.29) is 11.5 Å². The van der Waals surface area contributed by atoms with Gasteiger partial charge in [-0.1, -0.05) is 6.07 Å². The highest BCUT2D eigenvalue weighted by molar-refractivity contribution is 5.84. The van der Waals surface area contributed by atoms with Crippen molar-refractivity contribution in [3.63, 3.8) is 0 Å². The number of benzene rings is 2. The molecule has 1 aliphatic rings. The number of morpholine rings is 1. The highest BCUT2D eigenvalue weighted by atomic mass is 16.5. The predicted molar refractivity (Wildman–Crippen MR) is 91.3 cm³/mol. The number of fused-ring (bicyclic) bond motifs is 1. The Morgan fingerprint density at radius 3 is 2.62 bits per heavy atom.